The average molecular weight is 251 g/mol. The van der Waals surface area contributed by atoms with Gasteiger partial charge >= 0.3 is 0 Å². The predicted octanol–water partition coefficient (Wildman–Crippen LogP) is 3.87. The Balaban J connectivity index is 2.43. The van der Waals surface area contributed by atoms with Gasteiger partial charge in [-0.25, -0.2) is 4.39 Å². The summed E-state index contributed by atoms with van der Waals surface area (Å²) in [6, 6.07) is 11.5. The van der Waals surface area contributed by atoms with E-state index in [4.69, 9.17) is 11.6 Å². The minimum absolute atomic E-state index is 0.355. The van der Waals surface area contributed by atoms with Crippen LogP contribution in [0.25, 0.3) is 0 Å². The van der Waals surface area contributed by atoms with Gasteiger partial charge < -0.3 is 5.11 Å². The van der Waals surface area contributed by atoms with Gasteiger partial charge in [-0.05, 0) is 36.2 Å². The van der Waals surface area contributed by atoms with E-state index in [1.165, 1.54) is 12.1 Å². The van der Waals surface area contributed by atoms with Gasteiger partial charge in [0.15, 0.2) is 0 Å². The normalized spacial score (nSPS) is 12.5. The Labute approximate surface area is 104 Å². The lowest BCUT2D eigenvalue weighted by atomic mass is 10.00. The molecule has 2 aromatic carbocycles. The maximum atomic E-state index is 13.3. The van der Waals surface area contributed by atoms with Crippen LogP contribution in [0, 0.1) is 12.7 Å². The molecule has 0 radical (unpaired) electrons. The summed E-state index contributed by atoms with van der Waals surface area (Å²) in [5.74, 6) is -0.355. The van der Waals surface area contributed by atoms with Crippen LogP contribution >= 0.6 is 11.6 Å². The molecule has 0 aliphatic heterocycles. The lowest BCUT2D eigenvalue weighted by Gasteiger charge is -2.13. The van der Waals surface area contributed by atoms with Gasteiger partial charge in [-0.15, -0.1) is 0 Å². The molecule has 1 nitrogen and oxygen atoms in total. The van der Waals surface area contributed by atoms with Gasteiger partial charge in [-0.2, -0.15) is 0 Å². The number of aliphatic hydroxyl groups is 1. The Kier molecular flexibility index (Phi) is 3.46. The topological polar surface area (TPSA) is 20.2 Å². The third kappa shape index (κ3) is 2.65. The molecule has 0 aromatic heterocycles. The summed E-state index contributed by atoms with van der Waals surface area (Å²) in [4.78, 5) is 0. The smallest absolute Gasteiger partial charge is 0.123 e. The highest BCUT2D eigenvalue weighted by atomic mass is 35.5. The molecule has 2 rings (SSSR count). The standard InChI is InChI=1S/C14H12ClFO/c1-9-6-10(8-11(16)7-9)14(17)12-4-2-3-5-13(12)15/h2-8,14,17H,1H3. The van der Waals surface area contributed by atoms with E-state index in [0.29, 0.717) is 16.1 Å². The largest absolute Gasteiger partial charge is 0.384 e. The number of hydrogen-bond acceptors (Lipinski definition) is 1. The second-order valence-corrected chi connectivity index (χ2v) is 4.39. The highest BCUT2D eigenvalue weighted by Crippen LogP contribution is 2.28. The van der Waals surface area contributed by atoms with Crippen LogP contribution in [-0.4, -0.2) is 5.11 Å². The molecule has 3 heteroatoms. The Morgan fingerprint density at radius 1 is 1.18 bits per heavy atom. The quantitative estimate of drug-likeness (QED) is 0.858. The summed E-state index contributed by atoms with van der Waals surface area (Å²) >= 11 is 5.99. The summed E-state index contributed by atoms with van der Waals surface area (Å²) in [5.41, 5.74) is 1.86. The molecule has 0 saturated heterocycles. The van der Waals surface area contributed by atoms with E-state index < -0.39 is 6.10 Å². The molecule has 88 valence electrons. The van der Waals surface area contributed by atoms with E-state index in [9.17, 15) is 9.50 Å². The van der Waals surface area contributed by atoms with Gasteiger partial charge in [0.25, 0.3) is 0 Å². The van der Waals surface area contributed by atoms with Gasteiger partial charge in [-0.1, -0.05) is 35.9 Å². The summed E-state index contributed by atoms with van der Waals surface area (Å²) in [6.07, 6.45) is -0.905. The minimum Gasteiger partial charge on any atom is -0.384 e. The molecule has 1 N–H and O–H groups in total. The van der Waals surface area contributed by atoms with Crippen molar-refractivity contribution < 1.29 is 9.50 Å². The third-order valence-electron chi connectivity index (χ3n) is 2.58. The fraction of sp³-hybridized carbons (Fsp3) is 0.143. The minimum atomic E-state index is -0.905. The van der Waals surface area contributed by atoms with Crippen molar-refractivity contribution in [3.8, 4) is 0 Å². The molecule has 1 unspecified atom stereocenters. The van der Waals surface area contributed by atoms with Crippen molar-refractivity contribution in [3.63, 3.8) is 0 Å². The first-order valence-electron chi connectivity index (χ1n) is 5.27. The van der Waals surface area contributed by atoms with Crippen molar-refractivity contribution in [2.75, 3.05) is 0 Å². The molecule has 0 fully saturated rings. The molecule has 0 saturated carbocycles. The zero-order valence-electron chi connectivity index (χ0n) is 9.32. The van der Waals surface area contributed by atoms with Gasteiger partial charge in [0.2, 0.25) is 0 Å². The summed E-state index contributed by atoms with van der Waals surface area (Å²) < 4.78 is 13.3. The lowest BCUT2D eigenvalue weighted by Crippen LogP contribution is -2.01. The molecule has 0 amide bonds. The lowest BCUT2D eigenvalue weighted by molar-refractivity contribution is 0.220. The summed E-state index contributed by atoms with van der Waals surface area (Å²) in [7, 11) is 0. The van der Waals surface area contributed by atoms with Crippen LogP contribution in [0.5, 0.6) is 0 Å². The first-order chi connectivity index (χ1) is 8.08. The first kappa shape index (κ1) is 12.1. The van der Waals surface area contributed by atoms with Crippen LogP contribution in [0.3, 0.4) is 0 Å². The molecule has 2 aromatic rings. The second kappa shape index (κ2) is 4.86. The fourth-order valence-corrected chi connectivity index (χ4v) is 2.04. The maximum absolute atomic E-state index is 13.3. The number of benzene rings is 2. The van der Waals surface area contributed by atoms with Crippen LogP contribution in [0.4, 0.5) is 4.39 Å². The molecule has 0 aliphatic rings. The van der Waals surface area contributed by atoms with Crippen LogP contribution in [0.1, 0.15) is 22.8 Å². The zero-order chi connectivity index (χ0) is 12.4. The Morgan fingerprint density at radius 3 is 2.53 bits per heavy atom. The highest BCUT2D eigenvalue weighted by Gasteiger charge is 2.14. The van der Waals surface area contributed by atoms with Crippen LogP contribution in [-0.2, 0) is 0 Å². The maximum Gasteiger partial charge on any atom is 0.123 e. The zero-order valence-corrected chi connectivity index (χ0v) is 10.1. The number of rotatable bonds is 2. The van der Waals surface area contributed by atoms with Crippen molar-refractivity contribution >= 4 is 11.6 Å². The number of hydrogen-bond donors (Lipinski definition) is 1. The Hall–Kier alpha value is -1.38. The van der Waals surface area contributed by atoms with Gasteiger partial charge in [0.05, 0.1) is 0 Å². The van der Waals surface area contributed by atoms with Gasteiger partial charge in [0, 0.05) is 10.6 Å². The SMILES string of the molecule is Cc1cc(F)cc(C(O)c2ccccc2Cl)c1. The molecule has 17 heavy (non-hydrogen) atoms. The van der Waals surface area contributed by atoms with Crippen molar-refractivity contribution in [2.24, 2.45) is 0 Å². The summed E-state index contributed by atoms with van der Waals surface area (Å²) in [6.45, 7) is 1.78. The third-order valence-corrected chi connectivity index (χ3v) is 2.92. The number of halogens is 2. The molecule has 0 aliphatic carbocycles. The van der Waals surface area contributed by atoms with Crippen molar-refractivity contribution in [1.29, 1.82) is 0 Å². The van der Waals surface area contributed by atoms with Crippen LogP contribution in [0.15, 0.2) is 42.5 Å². The summed E-state index contributed by atoms with van der Waals surface area (Å²) in [5, 5.41) is 10.6. The molecular weight excluding hydrogens is 239 g/mol. The fourth-order valence-electron chi connectivity index (χ4n) is 1.80. The monoisotopic (exact) mass is 250 g/mol. The molecule has 0 bridgehead atoms. The van der Waals surface area contributed by atoms with E-state index in [1.54, 1.807) is 37.3 Å². The van der Waals surface area contributed by atoms with Crippen molar-refractivity contribution in [2.45, 2.75) is 13.0 Å². The van der Waals surface area contributed by atoms with Crippen molar-refractivity contribution in [1.82, 2.24) is 0 Å². The van der Waals surface area contributed by atoms with E-state index in [0.717, 1.165) is 5.56 Å². The van der Waals surface area contributed by atoms with E-state index >= 15 is 0 Å². The van der Waals surface area contributed by atoms with Gasteiger partial charge in [0.1, 0.15) is 11.9 Å². The van der Waals surface area contributed by atoms with Crippen LogP contribution in [0.2, 0.25) is 5.02 Å². The average Bonchev–Trinajstić information content (AvgIpc) is 2.27. The first-order valence-corrected chi connectivity index (χ1v) is 5.65. The second-order valence-electron chi connectivity index (χ2n) is 3.99. The van der Waals surface area contributed by atoms with E-state index in [1.807, 2.05) is 0 Å². The molecule has 0 heterocycles. The molecular formula is C14H12ClFO. The Morgan fingerprint density at radius 2 is 1.88 bits per heavy atom. The van der Waals surface area contributed by atoms with Crippen molar-refractivity contribution in [3.05, 3.63) is 70.0 Å². The predicted molar refractivity (Wildman–Crippen MR) is 66.7 cm³/mol. The van der Waals surface area contributed by atoms with E-state index in [-0.39, 0.29) is 5.82 Å². The Bertz CT molecular complexity index is 519. The molecule has 1 atom stereocenters. The van der Waals surface area contributed by atoms with Gasteiger partial charge in [-0.3, -0.25) is 0 Å². The molecule has 0 spiro atoms. The van der Waals surface area contributed by atoms with E-state index in [2.05, 4.69) is 0 Å². The van der Waals surface area contributed by atoms with Crippen LogP contribution < -0.4 is 0 Å². The number of aryl methyl sites for hydroxylation is 1. The number of aliphatic hydroxyl groups excluding tert-OH is 1. The highest BCUT2D eigenvalue weighted by molar-refractivity contribution is 6.31.